The fourth-order valence-electron chi connectivity index (χ4n) is 3.37. The van der Waals surface area contributed by atoms with E-state index in [1.165, 1.54) is 37.5 Å². The fraction of sp³-hybridized carbons (Fsp3) is 0.533. The summed E-state index contributed by atoms with van der Waals surface area (Å²) in [5.41, 5.74) is 3.45. The second-order valence-electron chi connectivity index (χ2n) is 5.25. The predicted octanol–water partition coefficient (Wildman–Crippen LogP) is 2.25. The van der Waals surface area contributed by atoms with Gasteiger partial charge in [-0.1, -0.05) is 6.07 Å². The molecule has 1 saturated heterocycles. The molecule has 1 fully saturated rings. The summed E-state index contributed by atoms with van der Waals surface area (Å²) in [6.07, 6.45) is 4.76. The van der Waals surface area contributed by atoms with E-state index in [-0.39, 0.29) is 5.97 Å². The minimum atomic E-state index is -0.235. The highest BCUT2D eigenvalue weighted by Crippen LogP contribution is 2.37. The van der Waals surface area contributed by atoms with Gasteiger partial charge in [0.1, 0.15) is 0 Å². The first-order chi connectivity index (χ1) is 8.79. The van der Waals surface area contributed by atoms with E-state index in [2.05, 4.69) is 11.4 Å². The quantitative estimate of drug-likeness (QED) is 0.771. The zero-order chi connectivity index (χ0) is 12.5. The molecule has 3 heteroatoms. The highest BCUT2D eigenvalue weighted by molar-refractivity contribution is 5.89. The average molecular weight is 245 g/mol. The van der Waals surface area contributed by atoms with Gasteiger partial charge in [0.15, 0.2) is 0 Å². The van der Waals surface area contributed by atoms with Crippen LogP contribution in [0.15, 0.2) is 18.2 Å². The van der Waals surface area contributed by atoms with E-state index < -0.39 is 0 Å². The van der Waals surface area contributed by atoms with Gasteiger partial charge in [-0.15, -0.1) is 0 Å². The smallest absolute Gasteiger partial charge is 0.337 e. The molecular formula is C15H19NO2. The van der Waals surface area contributed by atoms with Crippen LogP contribution < -0.4 is 5.32 Å². The summed E-state index contributed by atoms with van der Waals surface area (Å²) in [7, 11) is 1.43. The van der Waals surface area contributed by atoms with E-state index in [4.69, 9.17) is 4.74 Å². The number of piperidine rings is 1. The number of benzene rings is 1. The Hall–Kier alpha value is -1.35. The minimum absolute atomic E-state index is 0.235. The summed E-state index contributed by atoms with van der Waals surface area (Å²) in [6, 6.07) is 6.69. The third-order valence-corrected chi connectivity index (χ3v) is 4.27. The first-order valence-electron chi connectivity index (χ1n) is 6.74. The third kappa shape index (κ3) is 1.93. The van der Waals surface area contributed by atoms with Crippen molar-refractivity contribution in [2.45, 2.75) is 37.6 Å². The molecule has 0 radical (unpaired) electrons. The number of fused-ring (bicyclic) bond motifs is 3. The lowest BCUT2D eigenvalue weighted by atomic mass is 9.75. The molecule has 3 nitrogen and oxygen atoms in total. The Morgan fingerprint density at radius 1 is 1.39 bits per heavy atom. The van der Waals surface area contributed by atoms with E-state index in [1.54, 1.807) is 0 Å². The highest BCUT2D eigenvalue weighted by atomic mass is 16.5. The van der Waals surface area contributed by atoms with Crippen molar-refractivity contribution in [3.8, 4) is 0 Å². The number of methoxy groups -OCH3 is 1. The lowest BCUT2D eigenvalue weighted by Gasteiger charge is -2.38. The molecule has 18 heavy (non-hydrogen) atoms. The van der Waals surface area contributed by atoms with Gasteiger partial charge in [0.2, 0.25) is 0 Å². The molecule has 1 heterocycles. The van der Waals surface area contributed by atoms with Crippen LogP contribution in [0.4, 0.5) is 0 Å². The molecule has 0 spiro atoms. The number of hydrogen-bond donors (Lipinski definition) is 1. The van der Waals surface area contributed by atoms with Gasteiger partial charge in [-0.3, -0.25) is 0 Å². The average Bonchev–Trinajstić information content (AvgIpc) is 2.45. The molecule has 0 aromatic heterocycles. The Morgan fingerprint density at radius 3 is 3.11 bits per heavy atom. The van der Waals surface area contributed by atoms with Crippen LogP contribution in [0.25, 0.3) is 0 Å². The molecule has 1 aromatic carbocycles. The van der Waals surface area contributed by atoms with Gasteiger partial charge >= 0.3 is 5.97 Å². The maximum Gasteiger partial charge on any atom is 0.337 e. The summed E-state index contributed by atoms with van der Waals surface area (Å²) in [5.74, 6) is 0.399. The van der Waals surface area contributed by atoms with Crippen molar-refractivity contribution in [2.24, 2.45) is 0 Å². The van der Waals surface area contributed by atoms with Crippen molar-refractivity contribution in [1.29, 1.82) is 0 Å². The van der Waals surface area contributed by atoms with Gasteiger partial charge in [-0.2, -0.15) is 0 Å². The van der Waals surface area contributed by atoms with Crippen molar-refractivity contribution in [2.75, 3.05) is 13.7 Å². The van der Waals surface area contributed by atoms with Gasteiger partial charge in [0.05, 0.1) is 12.7 Å². The van der Waals surface area contributed by atoms with Crippen LogP contribution in [0.3, 0.4) is 0 Å². The predicted molar refractivity (Wildman–Crippen MR) is 69.9 cm³/mol. The van der Waals surface area contributed by atoms with Crippen molar-refractivity contribution < 1.29 is 9.53 Å². The standard InChI is InChI=1S/C15H19NO2/c1-18-15(17)11-4-6-12-10(9-11)5-7-14-13(12)3-2-8-16-14/h4,6,9,13-14,16H,2-3,5,7-8H2,1H3/t13-,14-/m1/s1. The van der Waals surface area contributed by atoms with Crippen LogP contribution in [-0.4, -0.2) is 25.7 Å². The normalized spacial score (nSPS) is 26.1. The monoisotopic (exact) mass is 245 g/mol. The van der Waals surface area contributed by atoms with Crippen LogP contribution >= 0.6 is 0 Å². The van der Waals surface area contributed by atoms with Gasteiger partial charge in [-0.25, -0.2) is 4.79 Å². The maximum absolute atomic E-state index is 11.5. The van der Waals surface area contributed by atoms with E-state index in [1.807, 2.05) is 12.1 Å². The third-order valence-electron chi connectivity index (χ3n) is 4.27. The molecular weight excluding hydrogens is 226 g/mol. The SMILES string of the molecule is COC(=O)c1ccc2c(c1)CC[C@H]1NCCC[C@H]21. The van der Waals surface area contributed by atoms with Crippen molar-refractivity contribution in [3.63, 3.8) is 0 Å². The second kappa shape index (κ2) is 4.73. The van der Waals surface area contributed by atoms with Gasteiger partial charge in [-0.05, 0) is 61.4 Å². The molecule has 2 aliphatic rings. The van der Waals surface area contributed by atoms with Gasteiger partial charge < -0.3 is 10.1 Å². The molecule has 1 N–H and O–H groups in total. The van der Waals surface area contributed by atoms with Gasteiger partial charge in [0, 0.05) is 6.04 Å². The molecule has 0 bridgehead atoms. The number of ether oxygens (including phenoxy) is 1. The number of rotatable bonds is 1. The largest absolute Gasteiger partial charge is 0.465 e. The molecule has 1 aromatic rings. The van der Waals surface area contributed by atoms with Gasteiger partial charge in [0.25, 0.3) is 0 Å². The number of nitrogens with one attached hydrogen (secondary N) is 1. The van der Waals surface area contributed by atoms with Crippen molar-refractivity contribution in [1.82, 2.24) is 5.32 Å². The zero-order valence-corrected chi connectivity index (χ0v) is 10.7. The van der Waals surface area contributed by atoms with Crippen LogP contribution in [-0.2, 0) is 11.2 Å². The highest BCUT2D eigenvalue weighted by Gasteiger charge is 2.31. The van der Waals surface area contributed by atoms with E-state index in [0.29, 0.717) is 17.5 Å². The van der Waals surface area contributed by atoms with Crippen LogP contribution in [0.5, 0.6) is 0 Å². The summed E-state index contributed by atoms with van der Waals surface area (Å²) in [4.78, 5) is 11.5. The Balaban J connectivity index is 1.93. The van der Waals surface area contributed by atoms with Crippen LogP contribution in [0, 0.1) is 0 Å². The summed E-state index contributed by atoms with van der Waals surface area (Å²) in [5, 5.41) is 3.62. The zero-order valence-electron chi connectivity index (χ0n) is 10.7. The first-order valence-corrected chi connectivity index (χ1v) is 6.74. The van der Waals surface area contributed by atoms with Crippen molar-refractivity contribution >= 4 is 5.97 Å². The minimum Gasteiger partial charge on any atom is -0.465 e. The Labute approximate surface area is 108 Å². The van der Waals surface area contributed by atoms with Crippen LogP contribution in [0.1, 0.15) is 46.7 Å². The molecule has 0 unspecified atom stereocenters. The number of hydrogen-bond acceptors (Lipinski definition) is 3. The number of carbonyl (C=O) groups is 1. The van der Waals surface area contributed by atoms with E-state index in [0.717, 1.165) is 13.0 Å². The molecule has 96 valence electrons. The molecule has 0 saturated carbocycles. The number of carbonyl (C=O) groups excluding carboxylic acids is 1. The van der Waals surface area contributed by atoms with E-state index >= 15 is 0 Å². The molecule has 3 rings (SSSR count). The molecule has 2 atom stereocenters. The first kappa shape index (κ1) is 11.7. The fourth-order valence-corrected chi connectivity index (χ4v) is 3.37. The lowest BCUT2D eigenvalue weighted by molar-refractivity contribution is 0.0600. The topological polar surface area (TPSA) is 38.3 Å². The Bertz CT molecular complexity index is 470. The molecule has 0 amide bonds. The lowest BCUT2D eigenvalue weighted by Crippen LogP contribution is -2.42. The summed E-state index contributed by atoms with van der Waals surface area (Å²) < 4.78 is 4.78. The maximum atomic E-state index is 11.5. The number of esters is 1. The second-order valence-corrected chi connectivity index (χ2v) is 5.25. The Morgan fingerprint density at radius 2 is 2.28 bits per heavy atom. The molecule has 1 aliphatic heterocycles. The van der Waals surface area contributed by atoms with Crippen molar-refractivity contribution in [3.05, 3.63) is 34.9 Å². The Kier molecular flexibility index (Phi) is 3.08. The number of aryl methyl sites for hydroxylation is 1. The summed E-state index contributed by atoms with van der Waals surface area (Å²) >= 11 is 0. The van der Waals surface area contributed by atoms with E-state index in [9.17, 15) is 4.79 Å². The molecule has 1 aliphatic carbocycles. The van der Waals surface area contributed by atoms with Crippen LogP contribution in [0.2, 0.25) is 0 Å². The summed E-state index contributed by atoms with van der Waals surface area (Å²) in [6.45, 7) is 1.15.